The lowest BCUT2D eigenvalue weighted by Gasteiger charge is -2.15. The molecule has 0 amide bonds. The van der Waals surface area contributed by atoms with Crippen LogP contribution in [0, 0.1) is 0 Å². The number of aliphatic hydroxyl groups is 1. The van der Waals surface area contributed by atoms with Crippen LogP contribution in [0.15, 0.2) is 36.7 Å². The van der Waals surface area contributed by atoms with E-state index in [0.29, 0.717) is 6.04 Å². The number of fused-ring (bicyclic) bond motifs is 1. The molecule has 2 rings (SSSR count). The lowest BCUT2D eigenvalue weighted by Crippen LogP contribution is -2.28. The SMILES string of the molecule is CCC(CCO)NCc1ccc2cnccc2c1. The van der Waals surface area contributed by atoms with E-state index in [2.05, 4.69) is 35.4 Å². The zero-order valence-corrected chi connectivity index (χ0v) is 10.8. The fraction of sp³-hybridized carbons (Fsp3) is 0.400. The molecule has 0 radical (unpaired) electrons. The number of hydrogen-bond acceptors (Lipinski definition) is 3. The van der Waals surface area contributed by atoms with Crippen LogP contribution < -0.4 is 5.32 Å². The number of nitrogens with one attached hydrogen (secondary N) is 1. The summed E-state index contributed by atoms with van der Waals surface area (Å²) in [5.74, 6) is 0. The largest absolute Gasteiger partial charge is 0.396 e. The highest BCUT2D eigenvalue weighted by Crippen LogP contribution is 2.14. The van der Waals surface area contributed by atoms with E-state index in [1.54, 1.807) is 0 Å². The van der Waals surface area contributed by atoms with Gasteiger partial charge in [-0.05, 0) is 35.9 Å². The third-order valence-electron chi connectivity index (χ3n) is 3.27. The fourth-order valence-electron chi connectivity index (χ4n) is 2.11. The van der Waals surface area contributed by atoms with Crippen LogP contribution in [0.25, 0.3) is 10.8 Å². The highest BCUT2D eigenvalue weighted by atomic mass is 16.3. The Labute approximate surface area is 108 Å². The van der Waals surface area contributed by atoms with Crippen molar-refractivity contribution in [1.82, 2.24) is 10.3 Å². The average molecular weight is 244 g/mol. The van der Waals surface area contributed by atoms with E-state index in [1.807, 2.05) is 18.5 Å². The predicted octanol–water partition coefficient (Wildman–Crippen LogP) is 2.49. The summed E-state index contributed by atoms with van der Waals surface area (Å²) >= 11 is 0. The molecule has 1 heterocycles. The first-order valence-corrected chi connectivity index (χ1v) is 6.50. The maximum atomic E-state index is 8.96. The predicted molar refractivity (Wildman–Crippen MR) is 74.4 cm³/mol. The minimum absolute atomic E-state index is 0.245. The van der Waals surface area contributed by atoms with Crippen molar-refractivity contribution in [1.29, 1.82) is 0 Å². The second kappa shape index (κ2) is 6.47. The molecule has 3 nitrogen and oxygen atoms in total. The van der Waals surface area contributed by atoms with Gasteiger partial charge in [0, 0.05) is 37.0 Å². The number of nitrogens with zero attached hydrogens (tertiary/aromatic N) is 1. The lowest BCUT2D eigenvalue weighted by molar-refractivity contribution is 0.262. The number of benzene rings is 1. The van der Waals surface area contributed by atoms with Crippen molar-refractivity contribution >= 4 is 10.8 Å². The quantitative estimate of drug-likeness (QED) is 0.820. The van der Waals surface area contributed by atoms with Crippen LogP contribution in [0.5, 0.6) is 0 Å². The molecule has 18 heavy (non-hydrogen) atoms. The van der Waals surface area contributed by atoms with Gasteiger partial charge in [-0.1, -0.05) is 19.1 Å². The summed E-state index contributed by atoms with van der Waals surface area (Å²) in [5, 5.41) is 14.8. The van der Waals surface area contributed by atoms with E-state index in [-0.39, 0.29) is 6.61 Å². The van der Waals surface area contributed by atoms with E-state index in [0.717, 1.165) is 19.4 Å². The van der Waals surface area contributed by atoms with E-state index < -0.39 is 0 Å². The van der Waals surface area contributed by atoms with Gasteiger partial charge in [0.15, 0.2) is 0 Å². The van der Waals surface area contributed by atoms with Gasteiger partial charge in [-0.2, -0.15) is 0 Å². The van der Waals surface area contributed by atoms with Crippen molar-refractivity contribution in [2.45, 2.75) is 32.4 Å². The summed E-state index contributed by atoms with van der Waals surface area (Å²) in [5.41, 5.74) is 1.27. The minimum atomic E-state index is 0.245. The van der Waals surface area contributed by atoms with Crippen LogP contribution in [0.1, 0.15) is 25.3 Å². The zero-order chi connectivity index (χ0) is 12.8. The Morgan fingerprint density at radius 1 is 1.28 bits per heavy atom. The first-order chi connectivity index (χ1) is 8.83. The van der Waals surface area contributed by atoms with Crippen molar-refractivity contribution in [2.75, 3.05) is 6.61 Å². The Morgan fingerprint density at radius 3 is 2.94 bits per heavy atom. The highest BCUT2D eigenvalue weighted by Gasteiger charge is 2.04. The molecule has 1 atom stereocenters. The maximum Gasteiger partial charge on any atom is 0.0445 e. The first-order valence-electron chi connectivity index (χ1n) is 6.50. The number of aromatic nitrogens is 1. The topological polar surface area (TPSA) is 45.1 Å². The second-order valence-electron chi connectivity index (χ2n) is 4.56. The van der Waals surface area contributed by atoms with Crippen LogP contribution in [0.3, 0.4) is 0 Å². The molecule has 3 heteroatoms. The van der Waals surface area contributed by atoms with Gasteiger partial charge in [-0.15, -0.1) is 0 Å². The molecular weight excluding hydrogens is 224 g/mol. The summed E-state index contributed by atoms with van der Waals surface area (Å²) in [6.07, 6.45) is 5.55. The zero-order valence-electron chi connectivity index (χ0n) is 10.8. The maximum absolute atomic E-state index is 8.96. The molecule has 0 fully saturated rings. The standard InChI is InChI=1S/C15H20N2O/c1-2-15(6-8-18)17-10-12-3-4-14-11-16-7-5-13(14)9-12/h3-5,7,9,11,15,17-18H,2,6,8,10H2,1H3. The van der Waals surface area contributed by atoms with E-state index in [9.17, 15) is 0 Å². The van der Waals surface area contributed by atoms with Crippen molar-refractivity contribution in [3.63, 3.8) is 0 Å². The number of hydrogen-bond donors (Lipinski definition) is 2. The lowest BCUT2D eigenvalue weighted by atomic mass is 10.1. The third kappa shape index (κ3) is 3.28. The molecule has 96 valence electrons. The molecule has 0 saturated carbocycles. The van der Waals surface area contributed by atoms with Gasteiger partial charge in [-0.3, -0.25) is 4.98 Å². The molecule has 0 saturated heterocycles. The van der Waals surface area contributed by atoms with Crippen LogP contribution in [0.4, 0.5) is 0 Å². The van der Waals surface area contributed by atoms with Crippen LogP contribution >= 0.6 is 0 Å². The average Bonchev–Trinajstić information content (AvgIpc) is 2.43. The molecule has 0 aliphatic carbocycles. The Morgan fingerprint density at radius 2 is 2.17 bits per heavy atom. The molecule has 0 aliphatic rings. The summed E-state index contributed by atoms with van der Waals surface area (Å²) in [6.45, 7) is 3.23. The Bertz CT molecular complexity index is 499. The van der Waals surface area contributed by atoms with Gasteiger partial charge < -0.3 is 10.4 Å². The summed E-state index contributed by atoms with van der Waals surface area (Å²) in [7, 11) is 0. The smallest absolute Gasteiger partial charge is 0.0445 e. The van der Waals surface area contributed by atoms with Gasteiger partial charge >= 0.3 is 0 Å². The normalized spacial score (nSPS) is 12.8. The Balaban J connectivity index is 2.03. The van der Waals surface area contributed by atoms with Crippen molar-refractivity contribution in [3.05, 3.63) is 42.2 Å². The van der Waals surface area contributed by atoms with Crippen LogP contribution in [-0.4, -0.2) is 22.7 Å². The van der Waals surface area contributed by atoms with Gasteiger partial charge in [0.1, 0.15) is 0 Å². The summed E-state index contributed by atoms with van der Waals surface area (Å²) in [6, 6.07) is 8.84. The van der Waals surface area contributed by atoms with Crippen molar-refractivity contribution in [2.24, 2.45) is 0 Å². The summed E-state index contributed by atoms with van der Waals surface area (Å²) in [4.78, 5) is 4.11. The molecule has 0 aliphatic heterocycles. The minimum Gasteiger partial charge on any atom is -0.396 e. The molecule has 1 aromatic heterocycles. The fourth-order valence-corrected chi connectivity index (χ4v) is 2.11. The number of rotatable bonds is 6. The molecule has 2 aromatic rings. The second-order valence-corrected chi connectivity index (χ2v) is 4.56. The Hall–Kier alpha value is -1.45. The third-order valence-corrected chi connectivity index (χ3v) is 3.27. The Kier molecular flexibility index (Phi) is 4.67. The highest BCUT2D eigenvalue weighted by molar-refractivity contribution is 5.81. The van der Waals surface area contributed by atoms with Gasteiger partial charge in [0.2, 0.25) is 0 Å². The molecular formula is C15H20N2O. The molecule has 1 aromatic carbocycles. The molecule has 0 bridgehead atoms. The molecule has 2 N–H and O–H groups in total. The molecule has 0 spiro atoms. The van der Waals surface area contributed by atoms with Gasteiger partial charge in [-0.25, -0.2) is 0 Å². The van der Waals surface area contributed by atoms with E-state index in [4.69, 9.17) is 5.11 Å². The van der Waals surface area contributed by atoms with Crippen molar-refractivity contribution < 1.29 is 5.11 Å². The molecule has 1 unspecified atom stereocenters. The van der Waals surface area contributed by atoms with Crippen LogP contribution in [-0.2, 0) is 6.54 Å². The summed E-state index contributed by atoms with van der Waals surface area (Å²) < 4.78 is 0. The van der Waals surface area contributed by atoms with E-state index in [1.165, 1.54) is 16.3 Å². The van der Waals surface area contributed by atoms with Gasteiger partial charge in [0.05, 0.1) is 0 Å². The monoisotopic (exact) mass is 244 g/mol. The number of aliphatic hydroxyl groups excluding tert-OH is 1. The van der Waals surface area contributed by atoms with Crippen molar-refractivity contribution in [3.8, 4) is 0 Å². The van der Waals surface area contributed by atoms with E-state index >= 15 is 0 Å². The first kappa shape index (κ1) is 13.0. The van der Waals surface area contributed by atoms with Crippen LogP contribution in [0.2, 0.25) is 0 Å². The van der Waals surface area contributed by atoms with Gasteiger partial charge in [0.25, 0.3) is 0 Å². The number of pyridine rings is 1.